The van der Waals surface area contributed by atoms with Gasteiger partial charge in [-0.15, -0.1) is 0 Å². The third-order valence-electron chi connectivity index (χ3n) is 4.46. The van der Waals surface area contributed by atoms with Crippen molar-refractivity contribution in [1.82, 2.24) is 5.32 Å². The van der Waals surface area contributed by atoms with Gasteiger partial charge in [0, 0.05) is 12.2 Å². The summed E-state index contributed by atoms with van der Waals surface area (Å²) in [5, 5.41) is 15.7. The van der Waals surface area contributed by atoms with E-state index in [2.05, 4.69) is 10.6 Å². The second-order valence-corrected chi connectivity index (χ2v) is 6.59. The summed E-state index contributed by atoms with van der Waals surface area (Å²) in [5.41, 5.74) is 1.67. The number of benzene rings is 1. The monoisotopic (exact) mass is 318 g/mol. The van der Waals surface area contributed by atoms with Gasteiger partial charge in [0.15, 0.2) is 0 Å². The molecule has 2 amide bonds. The van der Waals surface area contributed by atoms with E-state index in [0.717, 1.165) is 36.8 Å². The van der Waals surface area contributed by atoms with E-state index in [1.807, 2.05) is 32.0 Å². The Morgan fingerprint density at radius 2 is 1.74 bits per heavy atom. The number of amides is 2. The van der Waals surface area contributed by atoms with Gasteiger partial charge in [-0.1, -0.05) is 37.8 Å². The molecule has 1 saturated carbocycles. The maximum Gasteiger partial charge on any atom is 0.313 e. The molecule has 23 heavy (non-hydrogen) atoms. The van der Waals surface area contributed by atoms with Crippen molar-refractivity contribution in [3.8, 4) is 0 Å². The molecule has 1 aliphatic rings. The molecule has 0 atom stereocenters. The minimum atomic E-state index is -0.883. The molecule has 0 spiro atoms. The van der Waals surface area contributed by atoms with Crippen molar-refractivity contribution in [2.24, 2.45) is 0 Å². The van der Waals surface area contributed by atoms with Crippen molar-refractivity contribution in [2.45, 2.75) is 58.0 Å². The van der Waals surface area contributed by atoms with Crippen LogP contribution >= 0.6 is 0 Å². The first-order valence-corrected chi connectivity index (χ1v) is 8.28. The van der Waals surface area contributed by atoms with Crippen LogP contribution in [0.5, 0.6) is 0 Å². The van der Waals surface area contributed by atoms with Crippen molar-refractivity contribution in [3.05, 3.63) is 29.3 Å². The molecule has 126 valence electrons. The highest BCUT2D eigenvalue weighted by molar-refractivity contribution is 6.39. The number of aryl methyl sites for hydroxylation is 2. The van der Waals surface area contributed by atoms with Crippen LogP contribution in [0.4, 0.5) is 5.69 Å². The lowest BCUT2D eigenvalue weighted by molar-refractivity contribution is -0.136. The first-order valence-electron chi connectivity index (χ1n) is 8.28. The van der Waals surface area contributed by atoms with E-state index in [-0.39, 0.29) is 6.54 Å². The highest BCUT2D eigenvalue weighted by Crippen LogP contribution is 2.26. The summed E-state index contributed by atoms with van der Waals surface area (Å²) in [4.78, 5) is 24.0. The Kier molecular flexibility index (Phi) is 5.77. The Hall–Kier alpha value is -1.88. The molecule has 5 nitrogen and oxygen atoms in total. The third-order valence-corrected chi connectivity index (χ3v) is 4.46. The minimum Gasteiger partial charge on any atom is -0.388 e. The lowest BCUT2D eigenvalue weighted by Gasteiger charge is -2.26. The highest BCUT2D eigenvalue weighted by atomic mass is 16.3. The topological polar surface area (TPSA) is 78.4 Å². The van der Waals surface area contributed by atoms with Gasteiger partial charge in [-0.25, -0.2) is 0 Å². The van der Waals surface area contributed by atoms with Gasteiger partial charge in [-0.05, 0) is 43.9 Å². The van der Waals surface area contributed by atoms with Crippen LogP contribution in [0.15, 0.2) is 18.2 Å². The molecule has 1 fully saturated rings. The summed E-state index contributed by atoms with van der Waals surface area (Å²) in [6.07, 6.45) is 5.49. The second kappa shape index (κ2) is 7.59. The predicted molar refractivity (Wildman–Crippen MR) is 90.2 cm³/mol. The number of carbonyl (C=O) groups excluding carboxylic acids is 2. The molecule has 3 N–H and O–H groups in total. The number of rotatable bonds is 3. The van der Waals surface area contributed by atoms with Gasteiger partial charge in [0.25, 0.3) is 0 Å². The number of hydrogen-bond acceptors (Lipinski definition) is 3. The minimum absolute atomic E-state index is 0.131. The van der Waals surface area contributed by atoms with Crippen LogP contribution in [-0.4, -0.2) is 29.1 Å². The van der Waals surface area contributed by atoms with E-state index in [1.165, 1.54) is 0 Å². The van der Waals surface area contributed by atoms with Gasteiger partial charge in [0.1, 0.15) is 0 Å². The number of hydrogen-bond donors (Lipinski definition) is 3. The Morgan fingerprint density at radius 1 is 1.09 bits per heavy atom. The zero-order valence-corrected chi connectivity index (χ0v) is 13.9. The molecular formula is C18H26N2O3. The summed E-state index contributed by atoms with van der Waals surface area (Å²) < 4.78 is 0. The van der Waals surface area contributed by atoms with Crippen LogP contribution in [0.3, 0.4) is 0 Å². The van der Waals surface area contributed by atoms with E-state index < -0.39 is 17.4 Å². The predicted octanol–water partition coefficient (Wildman–Crippen LogP) is 2.44. The van der Waals surface area contributed by atoms with E-state index in [9.17, 15) is 14.7 Å². The Balaban J connectivity index is 1.89. The SMILES string of the molecule is Cc1ccc(C)c(NC(=O)C(=O)NCC2(O)CCCCCC2)c1. The summed E-state index contributed by atoms with van der Waals surface area (Å²) in [7, 11) is 0. The summed E-state index contributed by atoms with van der Waals surface area (Å²) >= 11 is 0. The summed E-state index contributed by atoms with van der Waals surface area (Å²) in [6, 6.07) is 5.68. The molecule has 1 aromatic rings. The standard InChI is InChI=1S/C18H26N2O3/c1-13-7-8-14(2)15(11-13)20-17(22)16(21)19-12-18(23)9-5-3-4-6-10-18/h7-8,11,23H,3-6,9-10,12H2,1-2H3,(H,19,21)(H,20,22). The fourth-order valence-electron chi connectivity index (χ4n) is 2.94. The average Bonchev–Trinajstić information content (AvgIpc) is 2.73. The largest absolute Gasteiger partial charge is 0.388 e. The normalized spacial score (nSPS) is 17.2. The van der Waals surface area contributed by atoms with Gasteiger partial charge in [0.05, 0.1) is 5.60 Å². The lowest BCUT2D eigenvalue weighted by Crippen LogP contribution is -2.46. The molecule has 1 aliphatic carbocycles. The first-order chi connectivity index (χ1) is 10.9. The average molecular weight is 318 g/mol. The molecule has 0 radical (unpaired) electrons. The lowest BCUT2D eigenvalue weighted by atomic mass is 9.94. The van der Waals surface area contributed by atoms with Crippen molar-refractivity contribution in [3.63, 3.8) is 0 Å². The van der Waals surface area contributed by atoms with E-state index in [0.29, 0.717) is 18.5 Å². The van der Waals surface area contributed by atoms with Crippen molar-refractivity contribution in [2.75, 3.05) is 11.9 Å². The molecule has 0 unspecified atom stereocenters. The highest BCUT2D eigenvalue weighted by Gasteiger charge is 2.29. The van der Waals surface area contributed by atoms with Gasteiger partial charge in [-0.3, -0.25) is 9.59 Å². The van der Waals surface area contributed by atoms with Gasteiger partial charge >= 0.3 is 11.8 Å². The van der Waals surface area contributed by atoms with Crippen molar-refractivity contribution >= 4 is 17.5 Å². The Labute approximate surface area is 137 Å². The quantitative estimate of drug-likeness (QED) is 0.592. The fourth-order valence-corrected chi connectivity index (χ4v) is 2.94. The zero-order chi connectivity index (χ0) is 16.9. The van der Waals surface area contributed by atoms with E-state index in [1.54, 1.807) is 0 Å². The van der Waals surface area contributed by atoms with E-state index >= 15 is 0 Å². The third kappa shape index (κ3) is 5.06. The number of carbonyl (C=O) groups is 2. The number of aliphatic hydroxyl groups is 1. The number of nitrogens with one attached hydrogen (secondary N) is 2. The number of anilines is 1. The second-order valence-electron chi connectivity index (χ2n) is 6.59. The molecule has 0 bridgehead atoms. The molecule has 1 aromatic carbocycles. The van der Waals surface area contributed by atoms with Gasteiger partial charge in [-0.2, -0.15) is 0 Å². The van der Waals surface area contributed by atoms with Crippen LogP contribution in [0.25, 0.3) is 0 Å². The fraction of sp³-hybridized carbons (Fsp3) is 0.556. The Bertz CT molecular complexity index is 576. The Morgan fingerprint density at radius 3 is 2.39 bits per heavy atom. The van der Waals surface area contributed by atoms with E-state index in [4.69, 9.17) is 0 Å². The van der Waals surface area contributed by atoms with Crippen LogP contribution < -0.4 is 10.6 Å². The molecule has 0 aliphatic heterocycles. The van der Waals surface area contributed by atoms with Crippen LogP contribution in [-0.2, 0) is 9.59 Å². The maximum absolute atomic E-state index is 12.0. The summed E-state index contributed by atoms with van der Waals surface area (Å²) in [5.74, 6) is -1.40. The van der Waals surface area contributed by atoms with Crippen LogP contribution in [0, 0.1) is 13.8 Å². The van der Waals surface area contributed by atoms with Gasteiger partial charge < -0.3 is 15.7 Å². The molecule has 0 heterocycles. The van der Waals surface area contributed by atoms with Crippen LogP contribution in [0.1, 0.15) is 49.7 Å². The van der Waals surface area contributed by atoms with Crippen LogP contribution in [0.2, 0.25) is 0 Å². The van der Waals surface area contributed by atoms with Crippen molar-refractivity contribution in [1.29, 1.82) is 0 Å². The zero-order valence-electron chi connectivity index (χ0n) is 13.9. The molecule has 0 saturated heterocycles. The molecular weight excluding hydrogens is 292 g/mol. The summed E-state index contributed by atoms with van der Waals surface area (Å²) in [6.45, 7) is 3.93. The molecule has 0 aromatic heterocycles. The smallest absolute Gasteiger partial charge is 0.313 e. The van der Waals surface area contributed by atoms with Gasteiger partial charge in [0.2, 0.25) is 0 Å². The molecule has 5 heteroatoms. The maximum atomic E-state index is 12.0. The molecule has 2 rings (SSSR count). The first kappa shape index (κ1) is 17.5. The van der Waals surface area contributed by atoms with Crippen molar-refractivity contribution < 1.29 is 14.7 Å².